The second-order valence-electron chi connectivity index (χ2n) is 7.15. The molecule has 0 N–H and O–H groups in total. The van der Waals surface area contributed by atoms with E-state index in [4.69, 9.17) is 0 Å². The van der Waals surface area contributed by atoms with Crippen molar-refractivity contribution < 1.29 is 9.53 Å². The van der Waals surface area contributed by atoms with Crippen LogP contribution < -0.4 is 0 Å². The molecule has 2 rings (SSSR count). The molecule has 27 heavy (non-hydrogen) atoms. The van der Waals surface area contributed by atoms with Gasteiger partial charge >= 0.3 is 5.97 Å². The molecular weight excluding hydrogens is 338 g/mol. The molecule has 0 radical (unpaired) electrons. The lowest BCUT2D eigenvalue weighted by molar-refractivity contribution is -0.134. The number of hydrogen-bond acceptors (Lipinski definition) is 4. The summed E-state index contributed by atoms with van der Waals surface area (Å²) in [6.45, 7) is 8.49. The Labute approximate surface area is 163 Å². The first-order valence-electron chi connectivity index (χ1n) is 9.78. The van der Waals surface area contributed by atoms with Crippen molar-refractivity contribution in [2.75, 3.05) is 20.2 Å². The fraction of sp³-hybridized carbons (Fsp3) is 0.545. The second-order valence-corrected chi connectivity index (χ2v) is 7.15. The number of likely N-dealkylation sites (tertiary alicyclic amines) is 1. The lowest BCUT2D eigenvalue weighted by Crippen LogP contribution is -2.32. The molecule has 0 saturated carbocycles. The van der Waals surface area contributed by atoms with Crippen molar-refractivity contribution >= 4 is 5.97 Å². The fourth-order valence-corrected chi connectivity index (χ4v) is 3.71. The van der Waals surface area contributed by atoms with Crippen molar-refractivity contribution in [2.24, 2.45) is 7.05 Å². The molecule has 0 bridgehead atoms. The number of methoxy groups -OCH3 is 1. The van der Waals surface area contributed by atoms with Crippen LogP contribution >= 0.6 is 0 Å². The number of ether oxygens (including phenoxy) is 1. The molecule has 1 unspecified atom stereocenters. The Bertz CT molecular complexity index is 728. The number of rotatable bonds is 8. The number of carbonyl (C=O) groups excluding carboxylic acids is 1. The van der Waals surface area contributed by atoms with Crippen LogP contribution in [-0.2, 0) is 23.0 Å². The molecule has 1 aromatic rings. The Morgan fingerprint density at radius 2 is 2.07 bits per heavy atom. The van der Waals surface area contributed by atoms with Crippen molar-refractivity contribution in [3.63, 3.8) is 0 Å². The molecule has 0 spiro atoms. The number of aromatic nitrogens is 2. The van der Waals surface area contributed by atoms with E-state index in [9.17, 15) is 4.79 Å². The van der Waals surface area contributed by atoms with Crippen molar-refractivity contribution in [1.29, 1.82) is 0 Å². The minimum atomic E-state index is -0.330. The number of hydrogen-bond donors (Lipinski definition) is 0. The van der Waals surface area contributed by atoms with E-state index in [1.54, 1.807) is 6.08 Å². The minimum absolute atomic E-state index is 0.330. The molecular formula is C22H33N3O2. The molecule has 0 aromatic carbocycles. The van der Waals surface area contributed by atoms with E-state index in [-0.39, 0.29) is 5.97 Å². The third kappa shape index (κ3) is 5.93. The summed E-state index contributed by atoms with van der Waals surface area (Å²) in [5, 5.41) is 4.56. The van der Waals surface area contributed by atoms with Crippen molar-refractivity contribution in [2.45, 2.75) is 52.5 Å². The summed E-state index contributed by atoms with van der Waals surface area (Å²) in [5.41, 5.74) is 4.88. The van der Waals surface area contributed by atoms with E-state index < -0.39 is 0 Å². The van der Waals surface area contributed by atoms with E-state index in [1.165, 1.54) is 43.8 Å². The van der Waals surface area contributed by atoms with Crippen LogP contribution in [-0.4, -0.2) is 46.9 Å². The summed E-state index contributed by atoms with van der Waals surface area (Å²) in [7, 11) is 3.41. The van der Waals surface area contributed by atoms with Crippen molar-refractivity contribution in [3.8, 4) is 0 Å². The molecule has 2 heterocycles. The van der Waals surface area contributed by atoms with Crippen LogP contribution in [0.3, 0.4) is 0 Å². The molecule has 1 aliphatic heterocycles. The quantitative estimate of drug-likeness (QED) is 0.397. The first-order chi connectivity index (χ1) is 13.0. The minimum Gasteiger partial charge on any atom is -0.466 e. The largest absolute Gasteiger partial charge is 0.466 e. The van der Waals surface area contributed by atoms with Gasteiger partial charge in [0, 0.05) is 31.4 Å². The molecule has 1 atom stereocenters. The first kappa shape index (κ1) is 21.2. The van der Waals surface area contributed by atoms with Gasteiger partial charge in [-0.05, 0) is 70.2 Å². The van der Waals surface area contributed by atoms with Crippen LogP contribution in [0.5, 0.6) is 0 Å². The van der Waals surface area contributed by atoms with E-state index in [0.29, 0.717) is 6.04 Å². The molecule has 1 fully saturated rings. The van der Waals surface area contributed by atoms with Crippen LogP contribution in [0.2, 0.25) is 0 Å². The van der Waals surface area contributed by atoms with Gasteiger partial charge in [0.25, 0.3) is 0 Å². The highest BCUT2D eigenvalue weighted by Crippen LogP contribution is 2.24. The van der Waals surface area contributed by atoms with Crippen LogP contribution in [0.15, 0.2) is 36.0 Å². The Morgan fingerprint density at radius 1 is 1.30 bits per heavy atom. The molecule has 1 saturated heterocycles. The number of aryl methyl sites for hydroxylation is 2. The number of nitrogens with zero attached hydrogens (tertiary/aromatic N) is 3. The van der Waals surface area contributed by atoms with Gasteiger partial charge in [-0.2, -0.15) is 5.10 Å². The molecule has 0 amide bonds. The summed E-state index contributed by atoms with van der Waals surface area (Å²) < 4.78 is 6.62. The topological polar surface area (TPSA) is 47.4 Å². The summed E-state index contributed by atoms with van der Waals surface area (Å²) in [6.07, 6.45) is 14.1. The van der Waals surface area contributed by atoms with Crippen LogP contribution in [0, 0.1) is 13.8 Å². The predicted octanol–water partition coefficient (Wildman–Crippen LogP) is 3.67. The third-order valence-electron chi connectivity index (χ3n) is 5.44. The maximum absolute atomic E-state index is 11.2. The average molecular weight is 372 g/mol. The van der Waals surface area contributed by atoms with Crippen molar-refractivity contribution in [1.82, 2.24) is 14.7 Å². The molecule has 1 aromatic heterocycles. The smallest absolute Gasteiger partial charge is 0.330 e. The van der Waals surface area contributed by atoms with E-state index in [0.717, 1.165) is 30.7 Å². The molecule has 5 nitrogen and oxygen atoms in total. The zero-order chi connectivity index (χ0) is 19.8. The Kier molecular flexibility index (Phi) is 8.04. The molecule has 148 valence electrons. The van der Waals surface area contributed by atoms with Gasteiger partial charge in [-0.25, -0.2) is 4.79 Å². The number of esters is 1. The molecule has 0 aliphatic carbocycles. The van der Waals surface area contributed by atoms with E-state index >= 15 is 0 Å². The van der Waals surface area contributed by atoms with Gasteiger partial charge in [-0.15, -0.1) is 0 Å². The van der Waals surface area contributed by atoms with Crippen LogP contribution in [0.4, 0.5) is 0 Å². The van der Waals surface area contributed by atoms with E-state index in [1.807, 2.05) is 24.7 Å². The molecule has 5 heteroatoms. The van der Waals surface area contributed by atoms with Gasteiger partial charge in [-0.3, -0.25) is 9.58 Å². The standard InChI is InChI=1S/C22H33N3O2/c1-6-19(12-13-22(26)27-5)10-7-8-14-25-15-9-11-20(25)16-21-17(2)23-24(4)18(21)3/h6-7,10,12-13,20H,8-9,11,14-16H2,1-5H3. The summed E-state index contributed by atoms with van der Waals surface area (Å²) in [5.74, 6) is -0.330. The second kappa shape index (κ2) is 10.3. The fourth-order valence-electron chi connectivity index (χ4n) is 3.71. The highest BCUT2D eigenvalue weighted by atomic mass is 16.5. The van der Waals surface area contributed by atoms with Gasteiger partial charge < -0.3 is 4.74 Å². The highest BCUT2D eigenvalue weighted by Gasteiger charge is 2.25. The Morgan fingerprint density at radius 3 is 2.70 bits per heavy atom. The van der Waals surface area contributed by atoms with Crippen LogP contribution in [0.25, 0.3) is 0 Å². The highest BCUT2D eigenvalue weighted by molar-refractivity contribution is 5.82. The first-order valence-corrected chi connectivity index (χ1v) is 9.78. The van der Waals surface area contributed by atoms with Gasteiger partial charge in [0.1, 0.15) is 0 Å². The lowest BCUT2D eigenvalue weighted by atomic mass is 10.0. The maximum Gasteiger partial charge on any atom is 0.330 e. The number of allylic oxidation sites excluding steroid dienone is 4. The maximum atomic E-state index is 11.2. The van der Waals surface area contributed by atoms with Crippen molar-refractivity contribution in [3.05, 3.63) is 52.9 Å². The Balaban J connectivity index is 1.87. The van der Waals surface area contributed by atoms with Gasteiger partial charge in [-0.1, -0.05) is 18.2 Å². The van der Waals surface area contributed by atoms with Crippen LogP contribution in [0.1, 0.15) is 43.1 Å². The summed E-state index contributed by atoms with van der Waals surface area (Å²) >= 11 is 0. The van der Waals surface area contributed by atoms with E-state index in [2.05, 4.69) is 40.7 Å². The lowest BCUT2D eigenvalue weighted by Gasteiger charge is -2.24. The third-order valence-corrected chi connectivity index (χ3v) is 5.44. The van der Waals surface area contributed by atoms with Gasteiger partial charge in [0.05, 0.1) is 12.8 Å². The van der Waals surface area contributed by atoms with Gasteiger partial charge in [0.15, 0.2) is 0 Å². The van der Waals surface area contributed by atoms with Gasteiger partial charge in [0.2, 0.25) is 0 Å². The normalized spacial score (nSPS) is 18.9. The number of carbonyl (C=O) groups is 1. The zero-order valence-corrected chi connectivity index (χ0v) is 17.4. The summed E-state index contributed by atoms with van der Waals surface area (Å²) in [6, 6.07) is 0.611. The average Bonchev–Trinajstić information content (AvgIpc) is 3.20. The molecule has 1 aliphatic rings. The predicted molar refractivity (Wildman–Crippen MR) is 110 cm³/mol. The monoisotopic (exact) mass is 371 g/mol. The Hall–Kier alpha value is -2.14. The zero-order valence-electron chi connectivity index (χ0n) is 17.4. The summed E-state index contributed by atoms with van der Waals surface area (Å²) in [4.78, 5) is 13.8. The SMILES string of the molecule is CC=C(C=CCCN1CCCC1Cc1c(C)nn(C)c1C)C=CC(=O)OC.